The van der Waals surface area contributed by atoms with Crippen LogP contribution in [0.4, 0.5) is 11.4 Å². The van der Waals surface area contributed by atoms with Crippen molar-refractivity contribution in [3.05, 3.63) is 58.1 Å². The van der Waals surface area contributed by atoms with Crippen molar-refractivity contribution in [3.8, 4) is 5.75 Å². The van der Waals surface area contributed by atoms with Crippen LogP contribution in [0.1, 0.15) is 31.4 Å². The molecule has 1 aliphatic rings. The maximum atomic E-state index is 11.8. The van der Waals surface area contributed by atoms with Crippen LogP contribution in [0.15, 0.2) is 47.4 Å². The average molecular weight is 390 g/mol. The predicted molar refractivity (Wildman–Crippen MR) is 103 cm³/mol. The molecule has 27 heavy (non-hydrogen) atoms. The number of benzene rings is 2. The van der Waals surface area contributed by atoms with Gasteiger partial charge in [-0.1, -0.05) is 12.1 Å². The summed E-state index contributed by atoms with van der Waals surface area (Å²) in [4.78, 5) is 13.0. The SMILES string of the molecule is CCOc1ccc([C@H]2CCCN2c2ccc(S(C)(=O)=O)cc2[N+](=O)[O-])cc1. The highest BCUT2D eigenvalue weighted by molar-refractivity contribution is 7.90. The molecule has 0 unspecified atom stereocenters. The second-order valence-electron chi connectivity index (χ2n) is 6.53. The van der Waals surface area contributed by atoms with Gasteiger partial charge < -0.3 is 9.64 Å². The maximum Gasteiger partial charge on any atom is 0.293 e. The fourth-order valence-corrected chi connectivity index (χ4v) is 4.12. The van der Waals surface area contributed by atoms with Crippen LogP contribution in [-0.4, -0.2) is 32.7 Å². The molecule has 0 spiro atoms. The second-order valence-corrected chi connectivity index (χ2v) is 8.55. The Morgan fingerprint density at radius 3 is 2.52 bits per heavy atom. The normalized spacial score (nSPS) is 17.1. The van der Waals surface area contributed by atoms with Crippen molar-refractivity contribution in [2.75, 3.05) is 24.3 Å². The van der Waals surface area contributed by atoms with E-state index in [2.05, 4.69) is 0 Å². The van der Waals surface area contributed by atoms with E-state index >= 15 is 0 Å². The number of hydrogen-bond donors (Lipinski definition) is 0. The number of ether oxygens (including phenoxy) is 1. The van der Waals surface area contributed by atoms with Gasteiger partial charge in [-0.05, 0) is 49.6 Å². The van der Waals surface area contributed by atoms with Gasteiger partial charge in [-0.25, -0.2) is 8.42 Å². The van der Waals surface area contributed by atoms with Gasteiger partial charge in [-0.2, -0.15) is 0 Å². The molecule has 1 fully saturated rings. The van der Waals surface area contributed by atoms with Crippen molar-refractivity contribution >= 4 is 21.2 Å². The number of anilines is 1. The molecule has 0 aromatic heterocycles. The van der Waals surface area contributed by atoms with E-state index in [1.807, 2.05) is 36.1 Å². The first-order chi connectivity index (χ1) is 12.8. The minimum Gasteiger partial charge on any atom is -0.494 e. The van der Waals surface area contributed by atoms with Crippen LogP contribution in [-0.2, 0) is 9.84 Å². The molecule has 3 rings (SSSR count). The molecule has 0 amide bonds. The molecule has 1 saturated heterocycles. The number of rotatable bonds is 6. The first-order valence-corrected chi connectivity index (χ1v) is 10.7. The fourth-order valence-electron chi connectivity index (χ4n) is 3.48. The van der Waals surface area contributed by atoms with Crippen molar-refractivity contribution in [1.29, 1.82) is 0 Å². The molecular formula is C19H22N2O5S. The van der Waals surface area contributed by atoms with Gasteiger partial charge in [0, 0.05) is 18.9 Å². The van der Waals surface area contributed by atoms with Crippen LogP contribution < -0.4 is 9.64 Å². The molecule has 2 aromatic carbocycles. The van der Waals surface area contributed by atoms with E-state index in [9.17, 15) is 18.5 Å². The smallest absolute Gasteiger partial charge is 0.293 e. The summed E-state index contributed by atoms with van der Waals surface area (Å²) in [6.07, 6.45) is 2.83. The molecule has 2 aromatic rings. The van der Waals surface area contributed by atoms with Gasteiger partial charge in [0.15, 0.2) is 9.84 Å². The Bertz CT molecular complexity index is 941. The summed E-state index contributed by atoms with van der Waals surface area (Å²) in [7, 11) is -3.51. The topological polar surface area (TPSA) is 89.8 Å². The van der Waals surface area contributed by atoms with Crippen LogP contribution in [0.3, 0.4) is 0 Å². The summed E-state index contributed by atoms with van der Waals surface area (Å²) in [6, 6.07) is 11.9. The van der Waals surface area contributed by atoms with E-state index in [-0.39, 0.29) is 16.6 Å². The minimum absolute atomic E-state index is 0.00320. The summed E-state index contributed by atoms with van der Waals surface area (Å²) in [5.74, 6) is 0.786. The summed E-state index contributed by atoms with van der Waals surface area (Å²) < 4.78 is 29.0. The van der Waals surface area contributed by atoms with E-state index in [1.165, 1.54) is 6.07 Å². The standard InChI is InChI=1S/C19H22N2O5S/c1-3-26-15-8-6-14(7-9-15)17-5-4-12-20(17)18-11-10-16(27(2,24)25)13-19(18)21(22)23/h6-11,13,17H,3-5,12H2,1-2H3/t17-/m1/s1. The molecule has 1 atom stereocenters. The Hall–Kier alpha value is -2.61. The Labute approximate surface area is 158 Å². The van der Waals surface area contributed by atoms with Crippen molar-refractivity contribution in [1.82, 2.24) is 0 Å². The van der Waals surface area contributed by atoms with Crippen molar-refractivity contribution in [3.63, 3.8) is 0 Å². The number of hydrogen-bond acceptors (Lipinski definition) is 6. The Balaban J connectivity index is 1.98. The van der Waals surface area contributed by atoms with Crippen LogP contribution in [0.25, 0.3) is 0 Å². The summed E-state index contributed by atoms with van der Waals surface area (Å²) in [5.41, 5.74) is 1.32. The van der Waals surface area contributed by atoms with Gasteiger partial charge in [0.2, 0.25) is 0 Å². The van der Waals surface area contributed by atoms with E-state index in [1.54, 1.807) is 6.07 Å². The van der Waals surface area contributed by atoms with Crippen molar-refractivity contribution < 1.29 is 18.1 Å². The molecule has 8 heteroatoms. The highest BCUT2D eigenvalue weighted by Gasteiger charge is 2.31. The average Bonchev–Trinajstić information content (AvgIpc) is 3.11. The second kappa shape index (κ2) is 7.56. The largest absolute Gasteiger partial charge is 0.494 e. The molecule has 0 radical (unpaired) electrons. The third-order valence-corrected chi connectivity index (χ3v) is 5.82. The van der Waals surface area contributed by atoms with Crippen LogP contribution in [0.5, 0.6) is 5.75 Å². The zero-order valence-corrected chi connectivity index (χ0v) is 16.1. The van der Waals surface area contributed by atoms with E-state index < -0.39 is 14.8 Å². The van der Waals surface area contributed by atoms with E-state index in [0.29, 0.717) is 18.8 Å². The third kappa shape index (κ3) is 4.05. The molecule has 0 saturated carbocycles. The Morgan fingerprint density at radius 2 is 1.93 bits per heavy atom. The molecule has 144 valence electrons. The van der Waals surface area contributed by atoms with Gasteiger partial charge in [0.25, 0.3) is 5.69 Å². The van der Waals surface area contributed by atoms with Gasteiger partial charge in [0.1, 0.15) is 11.4 Å². The fraction of sp³-hybridized carbons (Fsp3) is 0.368. The number of sulfone groups is 1. The van der Waals surface area contributed by atoms with Crippen LogP contribution >= 0.6 is 0 Å². The lowest BCUT2D eigenvalue weighted by Crippen LogP contribution is -2.23. The first kappa shape index (κ1) is 19.2. The van der Waals surface area contributed by atoms with Crippen molar-refractivity contribution in [2.45, 2.75) is 30.7 Å². The monoisotopic (exact) mass is 390 g/mol. The zero-order chi connectivity index (χ0) is 19.6. The molecule has 0 N–H and O–H groups in total. The summed E-state index contributed by atoms with van der Waals surface area (Å²) in [5, 5.41) is 11.6. The predicted octanol–water partition coefficient (Wildman–Crippen LogP) is 3.74. The molecule has 1 heterocycles. The number of nitro benzene ring substituents is 1. The van der Waals surface area contributed by atoms with E-state index in [0.717, 1.165) is 36.5 Å². The number of nitro groups is 1. The molecule has 0 aliphatic carbocycles. The molecule has 7 nitrogen and oxygen atoms in total. The zero-order valence-electron chi connectivity index (χ0n) is 15.3. The third-order valence-electron chi connectivity index (χ3n) is 4.71. The summed E-state index contributed by atoms with van der Waals surface area (Å²) >= 11 is 0. The van der Waals surface area contributed by atoms with Crippen LogP contribution in [0.2, 0.25) is 0 Å². The number of nitrogens with zero attached hydrogens (tertiary/aromatic N) is 2. The van der Waals surface area contributed by atoms with Gasteiger partial charge in [-0.15, -0.1) is 0 Å². The van der Waals surface area contributed by atoms with Crippen molar-refractivity contribution in [2.24, 2.45) is 0 Å². The van der Waals surface area contributed by atoms with Gasteiger partial charge >= 0.3 is 0 Å². The highest BCUT2D eigenvalue weighted by atomic mass is 32.2. The lowest BCUT2D eigenvalue weighted by molar-refractivity contribution is -0.384. The van der Waals surface area contributed by atoms with E-state index in [4.69, 9.17) is 4.74 Å². The lowest BCUT2D eigenvalue weighted by Gasteiger charge is -2.27. The first-order valence-electron chi connectivity index (χ1n) is 8.79. The Kier molecular flexibility index (Phi) is 5.36. The van der Waals surface area contributed by atoms with Gasteiger partial charge in [0.05, 0.1) is 22.5 Å². The maximum absolute atomic E-state index is 11.8. The van der Waals surface area contributed by atoms with Gasteiger partial charge in [-0.3, -0.25) is 10.1 Å². The minimum atomic E-state index is -3.51. The molecular weight excluding hydrogens is 368 g/mol. The molecule has 1 aliphatic heterocycles. The van der Waals surface area contributed by atoms with Crippen LogP contribution in [0, 0.1) is 10.1 Å². The Morgan fingerprint density at radius 1 is 1.22 bits per heavy atom. The lowest BCUT2D eigenvalue weighted by atomic mass is 10.0. The molecule has 0 bridgehead atoms. The quantitative estimate of drug-likeness (QED) is 0.551. The summed E-state index contributed by atoms with van der Waals surface area (Å²) in [6.45, 7) is 3.19. The highest BCUT2D eigenvalue weighted by Crippen LogP contribution is 2.41.